The number of carbonyl (C=O) groups excluding carboxylic acids is 2. The Bertz CT molecular complexity index is 272. The highest BCUT2D eigenvalue weighted by Gasteiger charge is 2.59. The van der Waals surface area contributed by atoms with Gasteiger partial charge in [0.1, 0.15) is 12.2 Å². The van der Waals surface area contributed by atoms with Crippen molar-refractivity contribution >= 4 is 11.8 Å². The van der Waals surface area contributed by atoms with E-state index in [9.17, 15) is 9.59 Å². The van der Waals surface area contributed by atoms with Crippen LogP contribution in [0.3, 0.4) is 0 Å². The van der Waals surface area contributed by atoms with E-state index in [0.717, 1.165) is 19.3 Å². The van der Waals surface area contributed by atoms with Gasteiger partial charge in [-0.25, -0.2) is 0 Å². The van der Waals surface area contributed by atoms with E-state index in [1.54, 1.807) is 0 Å². The fourth-order valence-corrected chi connectivity index (χ4v) is 2.76. The first-order chi connectivity index (χ1) is 6.69. The topological polar surface area (TPSA) is 43.4 Å². The summed E-state index contributed by atoms with van der Waals surface area (Å²) >= 11 is 0. The van der Waals surface area contributed by atoms with Crippen LogP contribution in [0.5, 0.6) is 0 Å². The molecule has 2 rings (SSSR count). The Morgan fingerprint density at radius 1 is 1.43 bits per heavy atom. The van der Waals surface area contributed by atoms with Crippen molar-refractivity contribution in [2.45, 2.75) is 38.5 Å². The molecule has 2 aliphatic rings. The van der Waals surface area contributed by atoms with E-state index in [1.165, 1.54) is 20.0 Å². The smallest absolute Gasteiger partial charge is 0.313 e. The van der Waals surface area contributed by atoms with Gasteiger partial charge < -0.3 is 4.74 Å². The van der Waals surface area contributed by atoms with Crippen molar-refractivity contribution in [2.24, 2.45) is 11.3 Å². The van der Waals surface area contributed by atoms with Crippen molar-refractivity contribution in [1.82, 2.24) is 0 Å². The second-order valence-corrected chi connectivity index (χ2v) is 4.48. The molecule has 0 saturated heterocycles. The average molecular weight is 196 g/mol. The Morgan fingerprint density at radius 3 is 2.86 bits per heavy atom. The Kier molecular flexibility index (Phi) is 2.33. The van der Waals surface area contributed by atoms with E-state index in [0.29, 0.717) is 5.92 Å². The van der Waals surface area contributed by atoms with Crippen LogP contribution in [-0.2, 0) is 14.3 Å². The van der Waals surface area contributed by atoms with Crippen LogP contribution in [0, 0.1) is 11.3 Å². The van der Waals surface area contributed by atoms with Crippen LogP contribution in [0.4, 0.5) is 0 Å². The third-order valence-electron chi connectivity index (χ3n) is 3.75. The van der Waals surface area contributed by atoms with Gasteiger partial charge in [0.25, 0.3) is 0 Å². The molecule has 78 valence electrons. The van der Waals surface area contributed by atoms with Crippen molar-refractivity contribution in [3.63, 3.8) is 0 Å². The van der Waals surface area contributed by atoms with E-state index in [1.807, 2.05) is 0 Å². The summed E-state index contributed by atoms with van der Waals surface area (Å²) in [6.07, 6.45) is 5.55. The summed E-state index contributed by atoms with van der Waals surface area (Å²) < 4.78 is 4.52. The largest absolute Gasteiger partial charge is 0.469 e. The second kappa shape index (κ2) is 3.37. The number of Topliss-reactive ketones (excluding diaryl/α,β-unsaturated/α-hetero) is 1. The zero-order valence-corrected chi connectivity index (χ0v) is 8.54. The minimum atomic E-state index is -0.388. The van der Waals surface area contributed by atoms with Gasteiger partial charge in [-0.2, -0.15) is 0 Å². The van der Waals surface area contributed by atoms with Crippen LogP contribution in [0.2, 0.25) is 0 Å². The molecule has 2 unspecified atom stereocenters. The molecule has 0 aromatic rings. The predicted octanol–water partition coefficient (Wildman–Crippen LogP) is 1.70. The number of hydrogen-bond acceptors (Lipinski definition) is 3. The zero-order valence-electron chi connectivity index (χ0n) is 8.54. The molecule has 2 saturated carbocycles. The number of carbonyl (C=O) groups is 2. The van der Waals surface area contributed by atoms with Gasteiger partial charge in [0.05, 0.1) is 7.11 Å². The molecule has 0 amide bonds. The number of fused-ring (bicyclic) bond motifs is 1. The fraction of sp³-hybridized carbons (Fsp3) is 0.818. The molecule has 0 aromatic carbocycles. The standard InChI is InChI=1S/C11H16O3/c1-14-10(13)6-9(12)11-5-3-2-4-8(11)7-11/h8H,2-7H2,1H3. The summed E-state index contributed by atoms with van der Waals surface area (Å²) in [4.78, 5) is 22.8. The number of rotatable bonds is 3. The molecule has 14 heavy (non-hydrogen) atoms. The van der Waals surface area contributed by atoms with Gasteiger partial charge in [-0.3, -0.25) is 9.59 Å². The lowest BCUT2D eigenvalue weighted by Gasteiger charge is -2.19. The van der Waals surface area contributed by atoms with Gasteiger partial charge in [0, 0.05) is 5.41 Å². The lowest BCUT2D eigenvalue weighted by Crippen LogP contribution is -2.24. The van der Waals surface area contributed by atoms with Gasteiger partial charge in [-0.1, -0.05) is 12.8 Å². The minimum absolute atomic E-state index is 0.0208. The summed E-state index contributed by atoms with van der Waals surface area (Å²) in [5.74, 6) is 0.308. The van der Waals surface area contributed by atoms with Gasteiger partial charge >= 0.3 is 5.97 Å². The Balaban J connectivity index is 1.95. The summed E-state index contributed by atoms with van der Waals surface area (Å²) in [7, 11) is 1.33. The molecule has 0 radical (unpaired) electrons. The number of esters is 1. The number of methoxy groups -OCH3 is 1. The normalized spacial score (nSPS) is 34.5. The van der Waals surface area contributed by atoms with Gasteiger partial charge in [0.15, 0.2) is 0 Å². The van der Waals surface area contributed by atoms with Crippen LogP contribution in [-0.4, -0.2) is 18.9 Å². The van der Waals surface area contributed by atoms with Crippen molar-refractivity contribution in [2.75, 3.05) is 7.11 Å². The summed E-state index contributed by atoms with van der Waals surface area (Å²) in [5.41, 5.74) is -0.105. The molecular weight excluding hydrogens is 180 g/mol. The molecule has 2 aliphatic carbocycles. The van der Waals surface area contributed by atoms with E-state index < -0.39 is 0 Å². The molecule has 3 heteroatoms. The third-order valence-corrected chi connectivity index (χ3v) is 3.75. The monoisotopic (exact) mass is 196 g/mol. The lowest BCUT2D eigenvalue weighted by atomic mass is 9.84. The van der Waals surface area contributed by atoms with Crippen molar-refractivity contribution in [1.29, 1.82) is 0 Å². The third kappa shape index (κ3) is 1.45. The van der Waals surface area contributed by atoms with Crippen LogP contribution < -0.4 is 0 Å². The van der Waals surface area contributed by atoms with Crippen molar-refractivity contribution < 1.29 is 14.3 Å². The molecule has 0 aromatic heterocycles. The maximum atomic E-state index is 11.8. The first kappa shape index (κ1) is 9.69. The van der Waals surface area contributed by atoms with Gasteiger partial charge in [-0.05, 0) is 25.2 Å². The van der Waals surface area contributed by atoms with E-state index >= 15 is 0 Å². The minimum Gasteiger partial charge on any atom is -0.469 e. The summed E-state index contributed by atoms with van der Waals surface area (Å²) in [5, 5.41) is 0. The Labute approximate surface area is 83.8 Å². The molecule has 0 heterocycles. The molecule has 0 bridgehead atoms. The molecule has 2 atom stereocenters. The SMILES string of the molecule is COC(=O)CC(=O)C12CCCCC1C2. The molecular formula is C11H16O3. The van der Waals surface area contributed by atoms with Crippen molar-refractivity contribution in [3.05, 3.63) is 0 Å². The lowest BCUT2D eigenvalue weighted by molar-refractivity contribution is -0.144. The fourth-order valence-electron chi connectivity index (χ4n) is 2.76. The van der Waals surface area contributed by atoms with Gasteiger partial charge in [0.2, 0.25) is 0 Å². The summed E-state index contributed by atoms with van der Waals surface area (Å²) in [6, 6.07) is 0. The van der Waals surface area contributed by atoms with Crippen LogP contribution >= 0.6 is 0 Å². The molecule has 0 aliphatic heterocycles. The number of ether oxygens (including phenoxy) is 1. The highest BCUT2D eigenvalue weighted by atomic mass is 16.5. The highest BCUT2D eigenvalue weighted by Crippen LogP contribution is 2.62. The molecule has 3 nitrogen and oxygen atoms in total. The van der Waals surface area contributed by atoms with E-state index in [-0.39, 0.29) is 23.6 Å². The maximum Gasteiger partial charge on any atom is 0.313 e. The van der Waals surface area contributed by atoms with Crippen LogP contribution in [0.15, 0.2) is 0 Å². The molecule has 0 spiro atoms. The Hall–Kier alpha value is -0.860. The quantitative estimate of drug-likeness (QED) is 0.509. The van der Waals surface area contributed by atoms with E-state index in [2.05, 4.69) is 4.74 Å². The predicted molar refractivity (Wildman–Crippen MR) is 50.6 cm³/mol. The molecule has 0 N–H and O–H groups in total. The number of ketones is 1. The average Bonchev–Trinajstić information content (AvgIpc) is 2.93. The van der Waals surface area contributed by atoms with Crippen LogP contribution in [0.25, 0.3) is 0 Å². The van der Waals surface area contributed by atoms with E-state index in [4.69, 9.17) is 0 Å². The zero-order chi connectivity index (χ0) is 10.2. The molecule has 2 fully saturated rings. The highest BCUT2D eigenvalue weighted by molar-refractivity contribution is 6.00. The van der Waals surface area contributed by atoms with Crippen LogP contribution in [0.1, 0.15) is 38.5 Å². The van der Waals surface area contributed by atoms with Crippen molar-refractivity contribution in [3.8, 4) is 0 Å². The Morgan fingerprint density at radius 2 is 2.21 bits per heavy atom. The summed E-state index contributed by atoms with van der Waals surface area (Å²) in [6.45, 7) is 0. The first-order valence-electron chi connectivity index (χ1n) is 5.29. The maximum absolute atomic E-state index is 11.8. The van der Waals surface area contributed by atoms with Gasteiger partial charge in [-0.15, -0.1) is 0 Å². The number of hydrogen-bond donors (Lipinski definition) is 0. The second-order valence-electron chi connectivity index (χ2n) is 4.48. The first-order valence-corrected chi connectivity index (χ1v) is 5.29.